The molecule has 0 saturated heterocycles. The second-order valence-electron chi connectivity index (χ2n) is 11.4. The largest absolute Gasteiger partial charge is 0.399 e. The number of nitrogens with one attached hydrogen (secondary N) is 1. The summed E-state index contributed by atoms with van der Waals surface area (Å²) in [7, 11) is 0. The Morgan fingerprint density at radius 2 is 1.78 bits per heavy atom. The number of rotatable bonds is 6. The van der Waals surface area contributed by atoms with E-state index in [2.05, 4.69) is 31.1 Å². The van der Waals surface area contributed by atoms with Crippen LogP contribution in [0.15, 0.2) is 91.3 Å². The molecule has 41 heavy (non-hydrogen) atoms. The van der Waals surface area contributed by atoms with Crippen molar-refractivity contribution < 1.29 is 19.1 Å². The first-order valence-corrected chi connectivity index (χ1v) is 13.5. The molecule has 1 aliphatic carbocycles. The summed E-state index contributed by atoms with van der Waals surface area (Å²) >= 11 is 0. The number of nitrogens with zero attached hydrogens (tertiary/aromatic N) is 2. The van der Waals surface area contributed by atoms with Gasteiger partial charge in [0.2, 0.25) is 5.91 Å². The van der Waals surface area contributed by atoms with E-state index in [1.165, 1.54) is 23.2 Å². The summed E-state index contributed by atoms with van der Waals surface area (Å²) in [5.41, 5.74) is 9.16. The van der Waals surface area contributed by atoms with E-state index in [-0.39, 0.29) is 16.7 Å². The van der Waals surface area contributed by atoms with E-state index < -0.39 is 35.8 Å². The van der Waals surface area contributed by atoms with Crippen LogP contribution in [0.1, 0.15) is 65.5 Å². The minimum atomic E-state index is -1.23. The molecule has 0 radical (unpaired) electrons. The lowest BCUT2D eigenvalue weighted by molar-refractivity contribution is -0.124. The molecule has 0 fully saturated rings. The van der Waals surface area contributed by atoms with Gasteiger partial charge in [0.25, 0.3) is 5.91 Å². The summed E-state index contributed by atoms with van der Waals surface area (Å²) in [4.78, 5) is 33.9. The predicted octanol–water partition coefficient (Wildman–Crippen LogP) is 5.26. The number of nitrogens with two attached hydrogens (primary N) is 1. The van der Waals surface area contributed by atoms with Crippen molar-refractivity contribution in [3.05, 3.63) is 125 Å². The van der Waals surface area contributed by atoms with E-state index in [1.807, 2.05) is 36.4 Å². The third kappa shape index (κ3) is 5.69. The average molecular weight is 553 g/mol. The van der Waals surface area contributed by atoms with Crippen molar-refractivity contribution in [1.82, 2.24) is 10.3 Å². The number of anilines is 2. The quantitative estimate of drug-likeness (QED) is 0.283. The van der Waals surface area contributed by atoms with Crippen LogP contribution in [0.3, 0.4) is 0 Å². The topological polar surface area (TPSA) is 109 Å². The zero-order valence-corrected chi connectivity index (χ0v) is 23.2. The summed E-state index contributed by atoms with van der Waals surface area (Å²) in [5, 5.41) is 13.8. The maximum Gasteiger partial charge on any atom is 0.262 e. The molecule has 3 aromatic carbocycles. The maximum atomic E-state index is 15.1. The number of aliphatic hydroxyl groups is 1. The molecule has 3 atom stereocenters. The normalized spacial score (nSPS) is 17.0. The van der Waals surface area contributed by atoms with Crippen LogP contribution in [0.2, 0.25) is 0 Å². The molecule has 0 spiro atoms. The zero-order valence-electron chi connectivity index (χ0n) is 23.2. The van der Waals surface area contributed by atoms with Gasteiger partial charge in [-0.2, -0.15) is 0 Å². The van der Waals surface area contributed by atoms with Crippen molar-refractivity contribution in [1.29, 1.82) is 0 Å². The third-order valence-electron chi connectivity index (χ3n) is 7.46. The zero-order chi connectivity index (χ0) is 29.3. The van der Waals surface area contributed by atoms with Crippen molar-refractivity contribution in [2.75, 3.05) is 10.6 Å². The second kappa shape index (κ2) is 11.1. The molecule has 0 saturated carbocycles. The Morgan fingerprint density at radius 3 is 2.44 bits per heavy atom. The highest BCUT2D eigenvalue weighted by Crippen LogP contribution is 2.35. The summed E-state index contributed by atoms with van der Waals surface area (Å²) in [5.74, 6) is -2.05. The van der Waals surface area contributed by atoms with Crippen LogP contribution in [0, 0.1) is 5.82 Å². The van der Waals surface area contributed by atoms with Crippen LogP contribution in [0.4, 0.5) is 15.8 Å². The Morgan fingerprint density at radius 1 is 1.05 bits per heavy atom. The van der Waals surface area contributed by atoms with Crippen LogP contribution in [-0.4, -0.2) is 28.0 Å². The highest BCUT2D eigenvalue weighted by atomic mass is 19.1. The average Bonchev–Trinajstić information content (AvgIpc) is 3.26. The number of halogens is 1. The van der Waals surface area contributed by atoms with Crippen molar-refractivity contribution in [2.45, 2.75) is 50.8 Å². The Labute approximate surface area is 238 Å². The molecule has 0 aliphatic heterocycles. The molecule has 1 aromatic heterocycles. The highest BCUT2D eigenvalue weighted by molar-refractivity contribution is 6.10. The summed E-state index contributed by atoms with van der Waals surface area (Å²) in [6, 6.07) is 20.1. The van der Waals surface area contributed by atoms with Crippen molar-refractivity contribution in [2.24, 2.45) is 0 Å². The molecular formula is C33H33FN4O3. The van der Waals surface area contributed by atoms with E-state index in [0.717, 1.165) is 22.8 Å². The van der Waals surface area contributed by atoms with E-state index in [9.17, 15) is 14.7 Å². The summed E-state index contributed by atoms with van der Waals surface area (Å²) in [6.07, 6.45) is 2.63. The number of carbonyl (C=O) groups is 2. The monoisotopic (exact) mass is 552 g/mol. The van der Waals surface area contributed by atoms with Crippen LogP contribution < -0.4 is 16.0 Å². The number of hydrogen-bond donors (Lipinski definition) is 3. The fourth-order valence-corrected chi connectivity index (χ4v) is 5.28. The SMILES string of the molecule is CC(C)(C)c1ccc(N(C(=O)c2ccc(N)cc2F)C(C(=O)N[C@@H]2c3ccccc3C[C@@H]2O)c2cccnc2)cc1. The number of aromatic nitrogens is 1. The van der Waals surface area contributed by atoms with Crippen LogP contribution in [0.5, 0.6) is 0 Å². The fourth-order valence-electron chi connectivity index (χ4n) is 5.28. The van der Waals surface area contributed by atoms with Gasteiger partial charge in [-0.25, -0.2) is 4.39 Å². The lowest BCUT2D eigenvalue weighted by Gasteiger charge is -2.33. The van der Waals surface area contributed by atoms with Gasteiger partial charge in [0.1, 0.15) is 11.9 Å². The van der Waals surface area contributed by atoms with Gasteiger partial charge in [0.05, 0.1) is 17.7 Å². The molecule has 2 amide bonds. The molecule has 1 unspecified atom stereocenters. The Kier molecular flexibility index (Phi) is 7.60. The Bertz CT molecular complexity index is 1570. The molecule has 1 aliphatic rings. The number of hydrogen-bond acceptors (Lipinski definition) is 5. The molecule has 7 nitrogen and oxygen atoms in total. The first-order chi connectivity index (χ1) is 19.5. The van der Waals surface area contributed by atoms with Crippen LogP contribution in [-0.2, 0) is 16.6 Å². The van der Waals surface area contributed by atoms with Crippen molar-refractivity contribution in [3.63, 3.8) is 0 Å². The van der Waals surface area contributed by atoms with Gasteiger partial charge in [-0.1, -0.05) is 63.2 Å². The van der Waals surface area contributed by atoms with Crippen molar-refractivity contribution >= 4 is 23.2 Å². The second-order valence-corrected chi connectivity index (χ2v) is 11.4. The van der Waals surface area contributed by atoms with Gasteiger partial charge in [0.15, 0.2) is 0 Å². The van der Waals surface area contributed by atoms with Gasteiger partial charge in [-0.15, -0.1) is 0 Å². The van der Waals surface area contributed by atoms with Gasteiger partial charge in [-0.3, -0.25) is 19.5 Å². The molecule has 5 rings (SSSR count). The third-order valence-corrected chi connectivity index (χ3v) is 7.46. The minimum absolute atomic E-state index is 0.150. The molecule has 4 aromatic rings. The molecule has 4 N–H and O–H groups in total. The van der Waals surface area contributed by atoms with E-state index >= 15 is 4.39 Å². The number of carbonyl (C=O) groups excluding carboxylic acids is 2. The predicted molar refractivity (Wildman–Crippen MR) is 157 cm³/mol. The van der Waals surface area contributed by atoms with Crippen LogP contribution in [0.25, 0.3) is 0 Å². The van der Waals surface area contributed by atoms with Gasteiger partial charge in [-0.05, 0) is 58.5 Å². The fraction of sp³-hybridized carbons (Fsp3) is 0.242. The van der Waals surface area contributed by atoms with Gasteiger partial charge >= 0.3 is 0 Å². The lowest BCUT2D eigenvalue weighted by atomic mass is 9.87. The van der Waals surface area contributed by atoms with Crippen molar-refractivity contribution in [3.8, 4) is 0 Å². The van der Waals surface area contributed by atoms with Crippen LogP contribution >= 0.6 is 0 Å². The Hall–Kier alpha value is -4.56. The molecule has 1 heterocycles. The number of pyridine rings is 1. The summed E-state index contributed by atoms with van der Waals surface area (Å²) in [6.45, 7) is 6.22. The highest BCUT2D eigenvalue weighted by Gasteiger charge is 2.39. The standard InChI is InChI=1S/C33H33FN4O3/c1-33(2,3)22-10-13-24(14-11-22)38(32(41)26-15-12-23(35)18-27(26)34)30(21-8-6-16-36-19-21)31(40)37-29-25-9-5-4-7-20(25)17-28(29)39/h4-16,18-19,28-30,39H,17,35H2,1-3H3,(H,37,40)/t28-,29+,30?/m0/s1. The number of nitrogen functional groups attached to an aromatic ring is 1. The number of amides is 2. The van der Waals surface area contributed by atoms with E-state index in [0.29, 0.717) is 17.7 Å². The van der Waals surface area contributed by atoms with E-state index in [1.54, 1.807) is 30.5 Å². The first-order valence-electron chi connectivity index (χ1n) is 13.5. The molecule has 8 heteroatoms. The molecule has 0 bridgehead atoms. The van der Waals surface area contributed by atoms with Gasteiger partial charge < -0.3 is 16.2 Å². The summed E-state index contributed by atoms with van der Waals surface area (Å²) < 4.78 is 15.1. The number of aliphatic hydroxyl groups excluding tert-OH is 1. The van der Waals surface area contributed by atoms with E-state index in [4.69, 9.17) is 5.73 Å². The molecule has 210 valence electrons. The first kappa shape index (κ1) is 28.0. The van der Waals surface area contributed by atoms with Gasteiger partial charge in [0, 0.05) is 35.8 Å². The number of benzene rings is 3. The maximum absolute atomic E-state index is 15.1. The Balaban J connectivity index is 1.63. The smallest absolute Gasteiger partial charge is 0.262 e. The lowest BCUT2D eigenvalue weighted by Crippen LogP contribution is -2.46. The minimum Gasteiger partial charge on any atom is -0.399 e. The molecular weight excluding hydrogens is 519 g/mol. The number of fused-ring (bicyclic) bond motifs is 1.